The largest absolute Gasteiger partial charge is 0.378 e. The number of rotatable bonds is 5. The molecule has 84 valence electrons. The minimum atomic E-state index is 0.567. The number of thiazole rings is 1. The molecule has 0 saturated carbocycles. The van der Waals surface area contributed by atoms with E-state index >= 15 is 0 Å². The first-order valence-corrected chi connectivity index (χ1v) is 6.07. The lowest BCUT2D eigenvalue weighted by Gasteiger charge is -2.39. The molecule has 15 heavy (non-hydrogen) atoms. The fourth-order valence-electron chi connectivity index (χ4n) is 1.79. The second kappa shape index (κ2) is 5.03. The molecule has 5 heteroatoms. The van der Waals surface area contributed by atoms with Crippen LogP contribution in [0.15, 0.2) is 5.38 Å². The predicted molar refractivity (Wildman–Crippen MR) is 60.7 cm³/mol. The molecule has 0 amide bonds. The molecule has 0 radical (unpaired) electrons. The molecule has 2 rings (SSSR count). The van der Waals surface area contributed by atoms with Gasteiger partial charge in [-0.05, 0) is 6.42 Å². The van der Waals surface area contributed by atoms with E-state index in [1.807, 2.05) is 0 Å². The first-order valence-electron chi connectivity index (χ1n) is 5.20. The minimum Gasteiger partial charge on any atom is -0.378 e. The van der Waals surface area contributed by atoms with Crippen LogP contribution in [0.2, 0.25) is 0 Å². The third kappa shape index (κ3) is 2.55. The minimum absolute atomic E-state index is 0.567. The smallest absolute Gasteiger partial charge is 0.119 e. The zero-order chi connectivity index (χ0) is 10.7. The maximum Gasteiger partial charge on any atom is 0.119 e. The molecule has 1 aromatic rings. The summed E-state index contributed by atoms with van der Waals surface area (Å²) >= 11 is 1.67. The first kappa shape index (κ1) is 11.0. The number of ether oxygens (including phenoxy) is 1. The molecule has 1 aromatic heterocycles. The third-order valence-electron chi connectivity index (χ3n) is 2.77. The van der Waals surface area contributed by atoms with Crippen LogP contribution in [0, 0.1) is 0 Å². The fraction of sp³-hybridized carbons (Fsp3) is 0.700. The summed E-state index contributed by atoms with van der Waals surface area (Å²) in [6.07, 6.45) is 1.23. The van der Waals surface area contributed by atoms with Gasteiger partial charge in [-0.2, -0.15) is 0 Å². The first-order chi connectivity index (χ1) is 7.33. The van der Waals surface area contributed by atoms with Gasteiger partial charge in [-0.1, -0.05) is 0 Å². The van der Waals surface area contributed by atoms with Gasteiger partial charge in [0.15, 0.2) is 0 Å². The lowest BCUT2D eigenvalue weighted by molar-refractivity contribution is 0.0867. The van der Waals surface area contributed by atoms with E-state index < -0.39 is 0 Å². The van der Waals surface area contributed by atoms with Crippen molar-refractivity contribution in [3.63, 3.8) is 0 Å². The van der Waals surface area contributed by atoms with Gasteiger partial charge in [0.05, 0.1) is 12.3 Å². The average molecular weight is 227 g/mol. The zero-order valence-corrected chi connectivity index (χ0v) is 9.80. The van der Waals surface area contributed by atoms with Crippen LogP contribution < -0.4 is 5.73 Å². The molecule has 0 aromatic carbocycles. The van der Waals surface area contributed by atoms with Gasteiger partial charge in [0.25, 0.3) is 0 Å². The van der Waals surface area contributed by atoms with Crippen molar-refractivity contribution in [2.45, 2.75) is 25.6 Å². The number of likely N-dealkylation sites (tertiary alicyclic amines) is 1. The lowest BCUT2D eigenvalue weighted by atomic mass is 10.0. The summed E-state index contributed by atoms with van der Waals surface area (Å²) in [4.78, 5) is 6.88. The van der Waals surface area contributed by atoms with Crippen molar-refractivity contribution in [3.05, 3.63) is 16.1 Å². The van der Waals surface area contributed by atoms with Crippen LogP contribution in [0.3, 0.4) is 0 Å². The summed E-state index contributed by atoms with van der Waals surface area (Å²) in [7, 11) is 1.70. The molecule has 0 spiro atoms. The van der Waals surface area contributed by atoms with Crippen LogP contribution in [0.4, 0.5) is 0 Å². The Kier molecular flexibility index (Phi) is 3.69. The van der Waals surface area contributed by atoms with E-state index in [1.54, 1.807) is 18.4 Å². The Morgan fingerprint density at radius 2 is 2.60 bits per heavy atom. The highest BCUT2D eigenvalue weighted by Gasteiger charge is 2.26. The van der Waals surface area contributed by atoms with Crippen molar-refractivity contribution in [2.24, 2.45) is 5.73 Å². The molecule has 1 fully saturated rings. The highest BCUT2D eigenvalue weighted by atomic mass is 32.1. The SMILES string of the molecule is COCc1nc(CN2CCC2CN)cs1. The van der Waals surface area contributed by atoms with Crippen LogP contribution in [-0.2, 0) is 17.9 Å². The van der Waals surface area contributed by atoms with Crippen LogP contribution in [-0.4, -0.2) is 36.1 Å². The Morgan fingerprint density at radius 1 is 1.73 bits per heavy atom. The van der Waals surface area contributed by atoms with Gasteiger partial charge in [-0.3, -0.25) is 4.90 Å². The van der Waals surface area contributed by atoms with Gasteiger partial charge in [-0.25, -0.2) is 4.98 Å². The van der Waals surface area contributed by atoms with Crippen molar-refractivity contribution in [1.82, 2.24) is 9.88 Å². The summed E-state index contributed by atoms with van der Waals surface area (Å²) in [6.45, 7) is 3.46. The van der Waals surface area contributed by atoms with E-state index in [0.29, 0.717) is 12.6 Å². The molecule has 2 N–H and O–H groups in total. The van der Waals surface area contributed by atoms with Crippen molar-refractivity contribution in [3.8, 4) is 0 Å². The number of aromatic nitrogens is 1. The third-order valence-corrected chi connectivity index (χ3v) is 3.64. The second-order valence-electron chi connectivity index (χ2n) is 3.81. The molecule has 0 aliphatic carbocycles. The molecular formula is C10H17N3OS. The molecule has 1 unspecified atom stereocenters. The van der Waals surface area contributed by atoms with Crippen molar-refractivity contribution in [2.75, 3.05) is 20.2 Å². The Hall–Kier alpha value is -0.490. The van der Waals surface area contributed by atoms with Gasteiger partial charge in [-0.15, -0.1) is 11.3 Å². The zero-order valence-electron chi connectivity index (χ0n) is 8.98. The Balaban J connectivity index is 1.87. The van der Waals surface area contributed by atoms with Crippen molar-refractivity contribution >= 4 is 11.3 Å². The number of hydrogen-bond acceptors (Lipinski definition) is 5. The van der Waals surface area contributed by atoms with E-state index in [1.165, 1.54) is 6.42 Å². The highest BCUT2D eigenvalue weighted by Crippen LogP contribution is 2.20. The quantitative estimate of drug-likeness (QED) is 0.809. The molecular weight excluding hydrogens is 210 g/mol. The summed E-state index contributed by atoms with van der Waals surface area (Å²) in [5.41, 5.74) is 6.79. The monoisotopic (exact) mass is 227 g/mol. The summed E-state index contributed by atoms with van der Waals surface area (Å²) in [5, 5.41) is 3.16. The van der Waals surface area contributed by atoms with Crippen molar-refractivity contribution in [1.29, 1.82) is 0 Å². The lowest BCUT2D eigenvalue weighted by Crippen LogP contribution is -2.50. The van der Waals surface area contributed by atoms with Gasteiger partial charge < -0.3 is 10.5 Å². The van der Waals surface area contributed by atoms with E-state index in [2.05, 4.69) is 15.3 Å². The number of methoxy groups -OCH3 is 1. The van der Waals surface area contributed by atoms with Crippen LogP contribution in [0.1, 0.15) is 17.1 Å². The van der Waals surface area contributed by atoms with Crippen LogP contribution >= 0.6 is 11.3 Å². The van der Waals surface area contributed by atoms with Gasteiger partial charge in [0.1, 0.15) is 5.01 Å². The normalized spacial score (nSPS) is 21.6. The number of nitrogens with zero attached hydrogens (tertiary/aromatic N) is 2. The van der Waals surface area contributed by atoms with Crippen molar-refractivity contribution < 1.29 is 4.74 Å². The number of nitrogens with two attached hydrogens (primary N) is 1. The molecule has 1 aliphatic rings. The molecule has 1 aliphatic heterocycles. The molecule has 4 nitrogen and oxygen atoms in total. The topological polar surface area (TPSA) is 51.4 Å². The fourth-order valence-corrected chi connectivity index (χ4v) is 2.54. The second-order valence-corrected chi connectivity index (χ2v) is 4.76. The van der Waals surface area contributed by atoms with Crippen LogP contribution in [0.5, 0.6) is 0 Å². The highest BCUT2D eigenvalue weighted by molar-refractivity contribution is 7.09. The van der Waals surface area contributed by atoms with E-state index in [-0.39, 0.29) is 0 Å². The van der Waals surface area contributed by atoms with Gasteiger partial charge >= 0.3 is 0 Å². The predicted octanol–water partition coefficient (Wildman–Crippen LogP) is 0.823. The Labute approximate surface area is 94.1 Å². The van der Waals surface area contributed by atoms with E-state index in [0.717, 1.165) is 30.3 Å². The maximum atomic E-state index is 5.65. The Morgan fingerprint density at radius 3 is 3.20 bits per heavy atom. The molecule has 0 bridgehead atoms. The van der Waals surface area contributed by atoms with E-state index in [9.17, 15) is 0 Å². The van der Waals surface area contributed by atoms with Crippen LogP contribution in [0.25, 0.3) is 0 Å². The summed E-state index contributed by atoms with van der Waals surface area (Å²) in [5.74, 6) is 0. The summed E-state index contributed by atoms with van der Waals surface area (Å²) in [6, 6.07) is 0.567. The summed E-state index contributed by atoms with van der Waals surface area (Å²) < 4.78 is 5.04. The molecule has 1 saturated heterocycles. The Bertz CT molecular complexity index is 313. The standard InChI is InChI=1S/C10H17N3OS/c1-14-6-10-12-8(7-15-10)5-13-3-2-9(13)4-11/h7,9H,2-6,11H2,1H3. The number of hydrogen-bond donors (Lipinski definition) is 1. The average Bonchev–Trinajstić information content (AvgIpc) is 2.62. The van der Waals surface area contributed by atoms with Gasteiger partial charge in [0, 0.05) is 38.2 Å². The molecule has 1 atom stereocenters. The molecule has 2 heterocycles. The van der Waals surface area contributed by atoms with E-state index in [4.69, 9.17) is 10.5 Å². The van der Waals surface area contributed by atoms with Gasteiger partial charge in [0.2, 0.25) is 0 Å². The maximum absolute atomic E-state index is 5.65.